The first kappa shape index (κ1) is 23.9. The molecule has 1 aromatic heterocycles. The van der Waals surface area contributed by atoms with Crippen molar-refractivity contribution in [2.75, 3.05) is 42.6 Å². The van der Waals surface area contributed by atoms with Crippen molar-refractivity contribution in [3.8, 4) is 0 Å². The molecule has 1 fully saturated rings. The first-order valence-electron chi connectivity index (χ1n) is 11.4. The average Bonchev–Trinajstić information content (AvgIpc) is 2.85. The highest BCUT2D eigenvalue weighted by atomic mass is 35.5. The molecule has 3 N–H and O–H groups in total. The van der Waals surface area contributed by atoms with Gasteiger partial charge in [-0.3, -0.25) is 4.79 Å². The van der Waals surface area contributed by atoms with Gasteiger partial charge in [0.05, 0.1) is 21.9 Å². The Morgan fingerprint density at radius 2 is 1.97 bits per heavy atom. The zero-order valence-electron chi connectivity index (χ0n) is 19.1. The summed E-state index contributed by atoms with van der Waals surface area (Å²) in [5.74, 6) is -0.179. The van der Waals surface area contributed by atoms with Crippen LogP contribution in [0.15, 0.2) is 48.8 Å². The van der Waals surface area contributed by atoms with Crippen molar-refractivity contribution in [3.63, 3.8) is 0 Å². The molecule has 0 aliphatic carbocycles. The Hall–Kier alpha value is -3.23. The van der Waals surface area contributed by atoms with Crippen molar-refractivity contribution >= 4 is 51.3 Å². The Morgan fingerprint density at radius 3 is 2.74 bits per heavy atom. The highest BCUT2D eigenvalue weighted by molar-refractivity contribution is 6.31. The van der Waals surface area contributed by atoms with Gasteiger partial charge in [0.15, 0.2) is 0 Å². The fourth-order valence-electron chi connectivity index (χ4n) is 4.03. The summed E-state index contributed by atoms with van der Waals surface area (Å²) in [5.41, 5.74) is 2.61. The lowest BCUT2D eigenvalue weighted by Gasteiger charge is -2.25. The SMILES string of the molecule is CNc1cc2ncnc(Nc3ccc(F)c(Cl)c3)c2cc1NC(=O)C=CCCN1CCCCC1. The minimum Gasteiger partial charge on any atom is -0.386 e. The normalized spacial score (nSPS) is 14.4. The van der Waals surface area contributed by atoms with Gasteiger partial charge in [-0.25, -0.2) is 14.4 Å². The number of aromatic nitrogens is 2. The quantitative estimate of drug-likeness (QED) is 0.364. The van der Waals surface area contributed by atoms with E-state index in [1.54, 1.807) is 19.2 Å². The molecule has 0 spiro atoms. The lowest BCUT2D eigenvalue weighted by molar-refractivity contribution is -0.111. The fourth-order valence-corrected chi connectivity index (χ4v) is 4.21. The van der Waals surface area contributed by atoms with Crippen LogP contribution in [0.2, 0.25) is 5.02 Å². The summed E-state index contributed by atoms with van der Waals surface area (Å²) in [6, 6.07) is 8.01. The van der Waals surface area contributed by atoms with Gasteiger partial charge in [0.1, 0.15) is 18.0 Å². The number of piperidine rings is 1. The zero-order valence-corrected chi connectivity index (χ0v) is 19.8. The van der Waals surface area contributed by atoms with Crippen molar-refractivity contribution in [3.05, 3.63) is 59.7 Å². The lowest BCUT2D eigenvalue weighted by Crippen LogP contribution is -2.30. The number of rotatable bonds is 8. The van der Waals surface area contributed by atoms with Gasteiger partial charge in [0.25, 0.3) is 0 Å². The minimum atomic E-state index is -0.493. The number of hydrogen-bond donors (Lipinski definition) is 3. The molecule has 3 aromatic rings. The second kappa shape index (κ2) is 11.3. The maximum absolute atomic E-state index is 13.5. The smallest absolute Gasteiger partial charge is 0.248 e. The molecule has 0 radical (unpaired) electrons. The standard InChI is InChI=1S/C25H28ClFN6O/c1-28-22-15-21-18(25(30-16-29-21)31-17-8-9-20(27)19(26)13-17)14-23(22)32-24(34)7-3-6-12-33-10-4-2-5-11-33/h3,7-9,13-16,28H,2,4-6,10-12H2,1H3,(H,32,34)(H,29,30,31). The summed E-state index contributed by atoms with van der Waals surface area (Å²) in [6.07, 6.45) is 9.60. The molecule has 1 aliphatic rings. The molecule has 4 rings (SSSR count). The number of carbonyl (C=O) groups excluding carboxylic acids is 1. The topological polar surface area (TPSA) is 82.2 Å². The largest absolute Gasteiger partial charge is 0.386 e. The summed E-state index contributed by atoms with van der Waals surface area (Å²) in [5, 5.41) is 9.91. The number of nitrogens with zero attached hydrogens (tertiary/aromatic N) is 3. The highest BCUT2D eigenvalue weighted by Crippen LogP contribution is 2.32. The molecule has 7 nitrogen and oxygen atoms in total. The molecule has 9 heteroatoms. The van der Waals surface area contributed by atoms with Crippen LogP contribution in [0, 0.1) is 5.82 Å². The van der Waals surface area contributed by atoms with E-state index in [2.05, 4.69) is 30.8 Å². The summed E-state index contributed by atoms with van der Waals surface area (Å²) >= 11 is 5.90. The van der Waals surface area contributed by atoms with Crippen molar-refractivity contribution in [2.45, 2.75) is 25.7 Å². The summed E-state index contributed by atoms with van der Waals surface area (Å²) in [4.78, 5) is 23.7. The Balaban J connectivity index is 1.49. The van der Waals surface area contributed by atoms with Crippen molar-refractivity contribution < 1.29 is 9.18 Å². The van der Waals surface area contributed by atoms with Crippen LogP contribution in [-0.2, 0) is 4.79 Å². The van der Waals surface area contributed by atoms with Gasteiger partial charge in [0, 0.05) is 24.7 Å². The van der Waals surface area contributed by atoms with E-state index in [0.29, 0.717) is 28.1 Å². The molecular formula is C25H28ClFN6O. The summed E-state index contributed by atoms with van der Waals surface area (Å²) < 4.78 is 13.5. The molecule has 0 bridgehead atoms. The van der Waals surface area contributed by atoms with E-state index in [0.717, 1.165) is 31.7 Å². The lowest BCUT2D eigenvalue weighted by atomic mass is 10.1. The van der Waals surface area contributed by atoms with E-state index in [1.165, 1.54) is 37.7 Å². The predicted octanol–water partition coefficient (Wildman–Crippen LogP) is 5.58. The van der Waals surface area contributed by atoms with Gasteiger partial charge < -0.3 is 20.9 Å². The first-order chi connectivity index (χ1) is 16.5. The van der Waals surface area contributed by atoms with Gasteiger partial charge in [-0.2, -0.15) is 0 Å². The van der Waals surface area contributed by atoms with E-state index in [-0.39, 0.29) is 10.9 Å². The van der Waals surface area contributed by atoms with Crippen LogP contribution in [0.5, 0.6) is 0 Å². The number of halogens is 2. The average molecular weight is 483 g/mol. The Morgan fingerprint density at radius 1 is 1.15 bits per heavy atom. The molecule has 178 valence electrons. The van der Waals surface area contributed by atoms with Gasteiger partial charge in [-0.15, -0.1) is 0 Å². The maximum atomic E-state index is 13.5. The fraction of sp³-hybridized carbons (Fsp3) is 0.320. The third-order valence-corrected chi connectivity index (χ3v) is 6.10. The van der Waals surface area contributed by atoms with Gasteiger partial charge >= 0.3 is 0 Å². The zero-order chi connectivity index (χ0) is 23.9. The Kier molecular flexibility index (Phi) is 7.92. The van der Waals surface area contributed by atoms with Crippen molar-refractivity contribution in [1.29, 1.82) is 0 Å². The van der Waals surface area contributed by atoms with Crippen LogP contribution in [0.25, 0.3) is 10.9 Å². The molecule has 1 saturated heterocycles. The maximum Gasteiger partial charge on any atom is 0.248 e. The molecular weight excluding hydrogens is 455 g/mol. The number of nitrogens with one attached hydrogen (secondary N) is 3. The molecule has 2 heterocycles. The number of fused-ring (bicyclic) bond motifs is 1. The molecule has 0 unspecified atom stereocenters. The number of amides is 1. The molecule has 0 saturated carbocycles. The number of likely N-dealkylation sites (tertiary alicyclic amines) is 1. The Labute approximate surface area is 203 Å². The molecule has 1 aliphatic heterocycles. The van der Waals surface area contributed by atoms with E-state index in [1.807, 2.05) is 18.2 Å². The van der Waals surface area contributed by atoms with Crippen LogP contribution in [0.4, 0.5) is 27.3 Å². The van der Waals surface area contributed by atoms with Crippen LogP contribution < -0.4 is 16.0 Å². The van der Waals surface area contributed by atoms with Crippen LogP contribution in [0.1, 0.15) is 25.7 Å². The molecule has 0 atom stereocenters. The second-order valence-electron chi connectivity index (χ2n) is 8.22. The van der Waals surface area contributed by atoms with Gasteiger partial charge in [-0.1, -0.05) is 24.1 Å². The summed E-state index contributed by atoms with van der Waals surface area (Å²) in [7, 11) is 1.78. The molecule has 1 amide bonds. The molecule has 2 aromatic carbocycles. The number of hydrogen-bond acceptors (Lipinski definition) is 6. The minimum absolute atomic E-state index is 0.0147. The number of benzene rings is 2. The molecule has 34 heavy (non-hydrogen) atoms. The second-order valence-corrected chi connectivity index (χ2v) is 8.63. The van der Waals surface area contributed by atoms with Crippen molar-refractivity contribution in [2.24, 2.45) is 0 Å². The van der Waals surface area contributed by atoms with Gasteiger partial charge in [0.2, 0.25) is 5.91 Å². The predicted molar refractivity (Wildman–Crippen MR) is 136 cm³/mol. The third-order valence-electron chi connectivity index (χ3n) is 5.81. The van der Waals surface area contributed by atoms with Crippen LogP contribution in [0.3, 0.4) is 0 Å². The monoisotopic (exact) mass is 482 g/mol. The van der Waals surface area contributed by atoms with Gasteiger partial charge in [-0.05, 0) is 68.8 Å². The Bertz CT molecular complexity index is 1200. The number of anilines is 4. The van der Waals surface area contributed by atoms with E-state index >= 15 is 0 Å². The number of carbonyl (C=O) groups is 1. The van der Waals surface area contributed by atoms with E-state index in [4.69, 9.17) is 11.6 Å². The van der Waals surface area contributed by atoms with E-state index < -0.39 is 5.82 Å². The first-order valence-corrected chi connectivity index (χ1v) is 11.8. The van der Waals surface area contributed by atoms with Crippen molar-refractivity contribution in [1.82, 2.24) is 14.9 Å². The third kappa shape index (κ3) is 6.01. The highest BCUT2D eigenvalue weighted by Gasteiger charge is 2.12. The summed E-state index contributed by atoms with van der Waals surface area (Å²) in [6.45, 7) is 3.26. The van der Waals surface area contributed by atoms with Crippen LogP contribution >= 0.6 is 11.6 Å². The van der Waals surface area contributed by atoms with Crippen LogP contribution in [-0.4, -0.2) is 47.5 Å². The van der Waals surface area contributed by atoms with E-state index in [9.17, 15) is 9.18 Å².